The molecule has 0 spiro atoms. The molecule has 1 aromatic heterocycles. The Labute approximate surface area is 183 Å². The number of carbonyl (C=O) groups is 1. The van der Waals surface area contributed by atoms with E-state index in [9.17, 15) is 4.79 Å². The summed E-state index contributed by atoms with van der Waals surface area (Å²) < 4.78 is 0. The van der Waals surface area contributed by atoms with Crippen LogP contribution < -0.4 is 5.32 Å². The third-order valence-corrected chi connectivity index (χ3v) is 5.99. The van der Waals surface area contributed by atoms with Gasteiger partial charge in [0, 0.05) is 52.9 Å². The Morgan fingerprint density at radius 2 is 1.83 bits per heavy atom. The predicted octanol–water partition coefficient (Wildman–Crippen LogP) is 4.99. The van der Waals surface area contributed by atoms with Crippen molar-refractivity contribution in [1.29, 1.82) is 0 Å². The van der Waals surface area contributed by atoms with Gasteiger partial charge in [-0.3, -0.25) is 4.79 Å². The average molecular weight is 432 g/mol. The number of H-pyrrole nitrogens is 1. The molecule has 4 nitrogen and oxygen atoms in total. The summed E-state index contributed by atoms with van der Waals surface area (Å²) in [7, 11) is 0. The fourth-order valence-electron chi connectivity index (χ4n) is 4.10. The molecule has 1 saturated heterocycles. The number of hydrogen-bond acceptors (Lipinski definition) is 2. The van der Waals surface area contributed by atoms with E-state index in [0.717, 1.165) is 38.9 Å². The first-order valence-electron chi connectivity index (χ1n) is 9.95. The van der Waals surface area contributed by atoms with Crippen LogP contribution in [-0.4, -0.2) is 41.5 Å². The summed E-state index contributed by atoms with van der Waals surface area (Å²) in [6.45, 7) is 5.26. The molecule has 0 bridgehead atoms. The van der Waals surface area contributed by atoms with Crippen molar-refractivity contribution >= 4 is 40.8 Å². The van der Waals surface area contributed by atoms with Gasteiger partial charge < -0.3 is 15.2 Å². The van der Waals surface area contributed by atoms with Gasteiger partial charge in [0.15, 0.2) is 0 Å². The van der Waals surface area contributed by atoms with Gasteiger partial charge >= 0.3 is 0 Å². The van der Waals surface area contributed by atoms with E-state index in [-0.39, 0.29) is 24.4 Å². The Hall–Kier alpha value is -2.01. The minimum absolute atomic E-state index is 0. The van der Waals surface area contributed by atoms with Crippen molar-refractivity contribution in [2.45, 2.75) is 32.2 Å². The zero-order valence-corrected chi connectivity index (χ0v) is 18.2. The minimum atomic E-state index is -0.00969. The van der Waals surface area contributed by atoms with Crippen LogP contribution in [0.15, 0.2) is 48.5 Å². The van der Waals surface area contributed by atoms with Crippen molar-refractivity contribution in [2.75, 3.05) is 19.6 Å². The number of rotatable bonds is 5. The number of piperidine rings is 1. The van der Waals surface area contributed by atoms with Crippen LogP contribution in [0.5, 0.6) is 0 Å². The second kappa shape index (κ2) is 9.66. The molecule has 1 aliphatic rings. The highest BCUT2D eigenvalue weighted by Crippen LogP contribution is 2.23. The quantitative estimate of drug-likeness (QED) is 0.597. The van der Waals surface area contributed by atoms with E-state index >= 15 is 0 Å². The standard InChI is InChI=1S/C23H26ClN3O.ClH/c1-16-20(21-4-2-3-5-22(21)25-16)12-15-27-13-10-19(11-14-27)26-23(28)17-6-8-18(24)9-7-17;/h2-9,19,25H,10-15H2,1H3,(H,26,28);1H. The van der Waals surface area contributed by atoms with Crippen LogP contribution >= 0.6 is 24.0 Å². The Kier molecular flexibility index (Phi) is 7.23. The highest BCUT2D eigenvalue weighted by Gasteiger charge is 2.21. The minimum Gasteiger partial charge on any atom is -0.358 e. The monoisotopic (exact) mass is 431 g/mol. The van der Waals surface area contributed by atoms with E-state index in [1.165, 1.54) is 22.2 Å². The fraction of sp³-hybridized carbons (Fsp3) is 0.348. The number of amides is 1. The maximum Gasteiger partial charge on any atom is 0.251 e. The van der Waals surface area contributed by atoms with Gasteiger partial charge in [0.25, 0.3) is 5.91 Å². The molecule has 0 atom stereocenters. The molecule has 2 N–H and O–H groups in total. The summed E-state index contributed by atoms with van der Waals surface area (Å²) in [6.07, 6.45) is 3.04. The van der Waals surface area contributed by atoms with Crippen molar-refractivity contribution in [3.63, 3.8) is 0 Å². The van der Waals surface area contributed by atoms with E-state index in [0.29, 0.717) is 10.6 Å². The molecule has 0 saturated carbocycles. The number of fused-ring (bicyclic) bond motifs is 1. The zero-order valence-electron chi connectivity index (χ0n) is 16.6. The first kappa shape index (κ1) is 21.7. The summed E-state index contributed by atoms with van der Waals surface area (Å²) in [4.78, 5) is 18.4. The van der Waals surface area contributed by atoms with Crippen LogP contribution in [0, 0.1) is 6.92 Å². The lowest BCUT2D eigenvalue weighted by molar-refractivity contribution is 0.0911. The molecule has 2 aromatic carbocycles. The van der Waals surface area contributed by atoms with Crippen molar-refractivity contribution in [2.24, 2.45) is 0 Å². The van der Waals surface area contributed by atoms with E-state index in [1.54, 1.807) is 24.3 Å². The summed E-state index contributed by atoms with van der Waals surface area (Å²) in [6, 6.07) is 15.8. The van der Waals surface area contributed by atoms with Gasteiger partial charge in [-0.2, -0.15) is 0 Å². The molecule has 3 aromatic rings. The SMILES string of the molecule is Cc1[nH]c2ccccc2c1CCN1CCC(NC(=O)c2ccc(Cl)cc2)CC1.Cl. The molecule has 1 amide bonds. The van der Waals surface area contributed by atoms with Crippen molar-refractivity contribution in [3.05, 3.63) is 70.4 Å². The number of nitrogens with zero attached hydrogens (tertiary/aromatic N) is 1. The Bertz CT molecular complexity index is 960. The van der Waals surface area contributed by atoms with Crippen LogP contribution in [0.4, 0.5) is 0 Å². The number of aromatic amines is 1. The molecule has 0 radical (unpaired) electrons. The van der Waals surface area contributed by atoms with Gasteiger partial charge in [-0.15, -0.1) is 12.4 Å². The molecule has 2 heterocycles. The number of aryl methyl sites for hydroxylation is 1. The molecule has 1 aliphatic heterocycles. The number of nitrogens with one attached hydrogen (secondary N) is 2. The van der Waals surface area contributed by atoms with Crippen LogP contribution in [0.25, 0.3) is 10.9 Å². The average Bonchev–Trinajstić information content (AvgIpc) is 3.03. The zero-order chi connectivity index (χ0) is 19.5. The van der Waals surface area contributed by atoms with Crippen molar-refractivity contribution < 1.29 is 4.79 Å². The van der Waals surface area contributed by atoms with Crippen LogP contribution in [-0.2, 0) is 6.42 Å². The number of halogens is 2. The first-order chi connectivity index (χ1) is 13.6. The summed E-state index contributed by atoms with van der Waals surface area (Å²) in [5, 5.41) is 5.15. The molecule has 6 heteroatoms. The topological polar surface area (TPSA) is 48.1 Å². The third kappa shape index (κ3) is 5.13. The number of benzene rings is 2. The van der Waals surface area contributed by atoms with Crippen LogP contribution in [0.1, 0.15) is 34.5 Å². The lowest BCUT2D eigenvalue weighted by atomic mass is 10.0. The molecule has 29 heavy (non-hydrogen) atoms. The smallest absolute Gasteiger partial charge is 0.251 e. The predicted molar refractivity (Wildman–Crippen MR) is 122 cm³/mol. The molecule has 154 valence electrons. The van der Waals surface area contributed by atoms with Crippen LogP contribution in [0.3, 0.4) is 0 Å². The highest BCUT2D eigenvalue weighted by molar-refractivity contribution is 6.30. The lowest BCUT2D eigenvalue weighted by Gasteiger charge is -2.32. The van der Waals surface area contributed by atoms with E-state index < -0.39 is 0 Å². The molecule has 0 unspecified atom stereocenters. The van der Waals surface area contributed by atoms with Gasteiger partial charge in [0.2, 0.25) is 0 Å². The number of aromatic nitrogens is 1. The largest absolute Gasteiger partial charge is 0.358 e. The second-order valence-corrected chi connectivity index (χ2v) is 8.06. The highest BCUT2D eigenvalue weighted by atomic mass is 35.5. The summed E-state index contributed by atoms with van der Waals surface area (Å²) in [5.74, 6) is -0.00969. The Morgan fingerprint density at radius 3 is 2.55 bits per heavy atom. The maximum absolute atomic E-state index is 12.4. The fourth-order valence-corrected chi connectivity index (χ4v) is 4.22. The normalized spacial score (nSPS) is 15.2. The Morgan fingerprint density at radius 1 is 1.14 bits per heavy atom. The van der Waals surface area contributed by atoms with Gasteiger partial charge in [-0.05, 0) is 62.1 Å². The molecule has 0 aliphatic carbocycles. The lowest BCUT2D eigenvalue weighted by Crippen LogP contribution is -2.45. The second-order valence-electron chi connectivity index (χ2n) is 7.62. The van der Waals surface area contributed by atoms with Gasteiger partial charge in [-0.25, -0.2) is 0 Å². The molecular weight excluding hydrogens is 405 g/mol. The molecule has 1 fully saturated rings. The first-order valence-corrected chi connectivity index (χ1v) is 10.3. The number of carbonyl (C=O) groups excluding carboxylic acids is 1. The third-order valence-electron chi connectivity index (χ3n) is 5.73. The maximum atomic E-state index is 12.4. The van der Waals surface area contributed by atoms with Crippen molar-refractivity contribution in [1.82, 2.24) is 15.2 Å². The van der Waals surface area contributed by atoms with E-state index in [2.05, 4.69) is 46.4 Å². The molecular formula is C23H27Cl2N3O. The summed E-state index contributed by atoms with van der Waals surface area (Å²) in [5.41, 5.74) is 4.58. The van der Waals surface area contributed by atoms with Gasteiger partial charge in [0.1, 0.15) is 0 Å². The number of hydrogen-bond donors (Lipinski definition) is 2. The summed E-state index contributed by atoms with van der Waals surface area (Å²) >= 11 is 5.89. The number of likely N-dealkylation sites (tertiary alicyclic amines) is 1. The van der Waals surface area contributed by atoms with Gasteiger partial charge in [0.05, 0.1) is 0 Å². The van der Waals surface area contributed by atoms with Crippen LogP contribution in [0.2, 0.25) is 5.02 Å². The van der Waals surface area contributed by atoms with E-state index in [1.807, 2.05) is 0 Å². The van der Waals surface area contributed by atoms with Crippen molar-refractivity contribution in [3.8, 4) is 0 Å². The molecule has 4 rings (SSSR count). The van der Waals surface area contributed by atoms with Gasteiger partial charge in [-0.1, -0.05) is 29.8 Å². The Balaban J connectivity index is 0.00000240. The number of para-hydroxylation sites is 1. The van der Waals surface area contributed by atoms with E-state index in [4.69, 9.17) is 11.6 Å².